The van der Waals surface area contributed by atoms with Gasteiger partial charge in [0.05, 0.1) is 11.5 Å². The second-order valence-corrected chi connectivity index (χ2v) is 10.9. The van der Waals surface area contributed by atoms with Crippen LogP contribution < -0.4 is 10.6 Å². The van der Waals surface area contributed by atoms with Crippen molar-refractivity contribution < 1.29 is 27.3 Å². The maximum atomic E-state index is 13.5. The molecule has 1 atom stereocenters. The van der Waals surface area contributed by atoms with Crippen molar-refractivity contribution in [3.05, 3.63) is 123 Å². The monoisotopic (exact) mass is 632 g/mol. The number of rotatable bonds is 10. The largest absolute Gasteiger partial charge is 0.416 e. The molecular formula is C31H25Cl2F3N2O3S. The molecule has 2 amide bonds. The molecule has 4 aromatic rings. The third kappa shape index (κ3) is 8.29. The number of amides is 2. The van der Waals surface area contributed by atoms with E-state index in [0.717, 1.165) is 23.3 Å². The van der Waals surface area contributed by atoms with Crippen LogP contribution in [0, 0.1) is 0 Å². The van der Waals surface area contributed by atoms with Crippen molar-refractivity contribution in [1.82, 2.24) is 5.32 Å². The minimum atomic E-state index is -4.50. The summed E-state index contributed by atoms with van der Waals surface area (Å²) in [7, 11) is 0. The minimum Gasteiger partial charge on any atom is -0.351 e. The molecule has 0 aliphatic carbocycles. The summed E-state index contributed by atoms with van der Waals surface area (Å²) in [5, 5.41) is 6.54. The fourth-order valence-electron chi connectivity index (χ4n) is 4.29. The Balaban J connectivity index is 1.54. The Labute approximate surface area is 255 Å². The van der Waals surface area contributed by atoms with Crippen molar-refractivity contribution in [3.63, 3.8) is 0 Å². The molecule has 0 fully saturated rings. The number of benzene rings is 4. The van der Waals surface area contributed by atoms with E-state index in [9.17, 15) is 22.8 Å². The summed E-state index contributed by atoms with van der Waals surface area (Å²) in [5.41, 5.74) is 2.80. The van der Waals surface area contributed by atoms with Gasteiger partial charge in [-0.15, -0.1) is 0 Å². The zero-order valence-corrected chi connectivity index (χ0v) is 24.2. The van der Waals surface area contributed by atoms with Crippen LogP contribution in [0.4, 0.5) is 18.9 Å². The number of hydrogen-bond acceptors (Lipinski definition) is 4. The predicted molar refractivity (Wildman–Crippen MR) is 162 cm³/mol. The number of carbonyl (C=O) groups excluding carboxylic acids is 2. The van der Waals surface area contributed by atoms with E-state index < -0.39 is 23.6 Å². The standard InChI is InChI=1S/C31H25Cl2F3N2O3S/c32-24-11-14-26(28(33)18-24)20-7-12-25(13-8-20)38-30(40)27(21-5-9-23(10-6-21)31(34,35)36)17-19-1-3-22(4-2-19)29(39)37-15-16-42-41/h1-14,18,27,41H,15-17H2,(H,37,39)(H,38,40). The van der Waals surface area contributed by atoms with Crippen LogP contribution in [0.1, 0.15) is 33.0 Å². The number of carbonyl (C=O) groups is 2. The van der Waals surface area contributed by atoms with Gasteiger partial charge in [-0.1, -0.05) is 65.7 Å². The lowest BCUT2D eigenvalue weighted by molar-refractivity contribution is -0.137. The van der Waals surface area contributed by atoms with Gasteiger partial charge in [0.2, 0.25) is 5.91 Å². The molecule has 0 aliphatic heterocycles. The van der Waals surface area contributed by atoms with Gasteiger partial charge < -0.3 is 15.2 Å². The Morgan fingerprint density at radius 1 is 0.881 bits per heavy atom. The molecule has 218 valence electrons. The van der Waals surface area contributed by atoms with Crippen LogP contribution in [0.5, 0.6) is 0 Å². The van der Waals surface area contributed by atoms with Gasteiger partial charge in [-0.2, -0.15) is 13.2 Å². The highest BCUT2D eigenvalue weighted by atomic mass is 35.5. The zero-order valence-electron chi connectivity index (χ0n) is 21.9. The molecule has 0 saturated heterocycles. The smallest absolute Gasteiger partial charge is 0.351 e. The van der Waals surface area contributed by atoms with Gasteiger partial charge in [-0.3, -0.25) is 9.59 Å². The molecule has 0 radical (unpaired) electrons. The Kier molecular flexibility index (Phi) is 10.6. The SMILES string of the molecule is O=C(NCCSO)c1ccc(CC(C(=O)Nc2ccc(-c3ccc(Cl)cc3Cl)cc2)c2ccc(C(F)(F)F)cc2)cc1. The van der Waals surface area contributed by atoms with Crippen molar-refractivity contribution in [1.29, 1.82) is 0 Å². The van der Waals surface area contributed by atoms with Crippen LogP contribution in [0.2, 0.25) is 10.0 Å². The summed E-state index contributed by atoms with van der Waals surface area (Å²) in [6, 6.07) is 23.3. The number of alkyl halides is 3. The summed E-state index contributed by atoms with van der Waals surface area (Å²) in [5.74, 6) is -1.18. The minimum absolute atomic E-state index is 0.179. The van der Waals surface area contributed by atoms with Crippen molar-refractivity contribution >= 4 is 52.7 Å². The van der Waals surface area contributed by atoms with Crippen molar-refractivity contribution in [2.75, 3.05) is 17.6 Å². The highest BCUT2D eigenvalue weighted by Gasteiger charge is 2.31. The van der Waals surface area contributed by atoms with E-state index in [1.54, 1.807) is 66.7 Å². The quantitative estimate of drug-likeness (QED) is 0.121. The molecule has 0 bridgehead atoms. The fourth-order valence-corrected chi connectivity index (χ4v) is 5.00. The first-order chi connectivity index (χ1) is 20.0. The van der Waals surface area contributed by atoms with Gasteiger partial charge >= 0.3 is 6.18 Å². The number of halogens is 5. The lowest BCUT2D eigenvalue weighted by Gasteiger charge is -2.19. The molecule has 0 spiro atoms. The van der Waals surface area contributed by atoms with Crippen LogP contribution in [0.3, 0.4) is 0 Å². The maximum Gasteiger partial charge on any atom is 0.416 e. The van der Waals surface area contributed by atoms with E-state index in [2.05, 4.69) is 10.6 Å². The van der Waals surface area contributed by atoms with Gasteiger partial charge in [0.15, 0.2) is 0 Å². The van der Waals surface area contributed by atoms with Crippen LogP contribution in [-0.4, -0.2) is 28.7 Å². The van der Waals surface area contributed by atoms with E-state index in [0.29, 0.717) is 56.8 Å². The molecule has 0 aromatic heterocycles. The van der Waals surface area contributed by atoms with Crippen molar-refractivity contribution in [2.45, 2.75) is 18.5 Å². The van der Waals surface area contributed by atoms with Gasteiger partial charge in [-0.25, -0.2) is 0 Å². The summed E-state index contributed by atoms with van der Waals surface area (Å²) in [6.07, 6.45) is -4.32. The second kappa shape index (κ2) is 14.1. The van der Waals surface area contributed by atoms with E-state index in [-0.39, 0.29) is 12.3 Å². The van der Waals surface area contributed by atoms with Crippen LogP contribution in [-0.2, 0) is 17.4 Å². The lowest BCUT2D eigenvalue weighted by atomic mass is 9.90. The topological polar surface area (TPSA) is 78.4 Å². The van der Waals surface area contributed by atoms with Crippen LogP contribution in [0.25, 0.3) is 11.1 Å². The average molecular weight is 634 g/mol. The van der Waals surface area contributed by atoms with Crippen molar-refractivity contribution in [3.8, 4) is 11.1 Å². The molecule has 4 aromatic carbocycles. The molecule has 3 N–H and O–H groups in total. The lowest BCUT2D eigenvalue weighted by Crippen LogP contribution is -2.25. The van der Waals surface area contributed by atoms with E-state index >= 15 is 0 Å². The van der Waals surface area contributed by atoms with E-state index in [1.807, 2.05) is 0 Å². The first kappa shape index (κ1) is 31.4. The normalized spacial score (nSPS) is 12.0. The van der Waals surface area contributed by atoms with Gasteiger partial charge in [-0.05, 0) is 83.7 Å². The first-order valence-electron chi connectivity index (χ1n) is 12.7. The van der Waals surface area contributed by atoms with Crippen molar-refractivity contribution in [2.24, 2.45) is 0 Å². The number of anilines is 1. The van der Waals surface area contributed by atoms with Gasteiger partial charge in [0.1, 0.15) is 0 Å². The molecule has 42 heavy (non-hydrogen) atoms. The molecule has 0 saturated carbocycles. The second-order valence-electron chi connectivity index (χ2n) is 9.35. The molecule has 0 aliphatic rings. The highest BCUT2D eigenvalue weighted by Crippen LogP contribution is 2.33. The predicted octanol–water partition coefficient (Wildman–Crippen LogP) is 8.58. The number of hydrogen-bond donors (Lipinski definition) is 3. The van der Waals surface area contributed by atoms with E-state index in [4.69, 9.17) is 27.8 Å². The highest BCUT2D eigenvalue weighted by molar-refractivity contribution is 7.93. The third-order valence-electron chi connectivity index (χ3n) is 6.49. The summed E-state index contributed by atoms with van der Waals surface area (Å²) in [4.78, 5) is 25.8. The van der Waals surface area contributed by atoms with Crippen LogP contribution in [0.15, 0.2) is 91.0 Å². The first-order valence-corrected chi connectivity index (χ1v) is 14.4. The fraction of sp³-hybridized carbons (Fsp3) is 0.161. The van der Waals surface area contributed by atoms with E-state index in [1.165, 1.54) is 12.1 Å². The van der Waals surface area contributed by atoms with Crippen LogP contribution >= 0.6 is 35.2 Å². The Morgan fingerprint density at radius 2 is 1.55 bits per heavy atom. The summed E-state index contributed by atoms with van der Waals surface area (Å²) >= 11 is 12.9. The summed E-state index contributed by atoms with van der Waals surface area (Å²) in [6.45, 7) is 0.297. The summed E-state index contributed by atoms with van der Waals surface area (Å²) < 4.78 is 48.3. The Hall–Kier alpha value is -3.50. The van der Waals surface area contributed by atoms with Gasteiger partial charge in [0, 0.05) is 39.2 Å². The molecule has 1 unspecified atom stereocenters. The third-order valence-corrected chi connectivity index (χ3v) is 7.42. The zero-order chi connectivity index (χ0) is 30.3. The average Bonchev–Trinajstić information content (AvgIpc) is 2.96. The number of nitrogens with one attached hydrogen (secondary N) is 2. The molecule has 0 heterocycles. The maximum absolute atomic E-state index is 13.5. The Bertz CT molecular complexity index is 1530. The van der Waals surface area contributed by atoms with Gasteiger partial charge in [0.25, 0.3) is 5.91 Å². The molecule has 11 heteroatoms. The molecular weight excluding hydrogens is 608 g/mol. The Morgan fingerprint density at radius 3 is 2.14 bits per heavy atom. The molecule has 5 nitrogen and oxygen atoms in total. The molecule has 4 rings (SSSR count).